The zero-order chi connectivity index (χ0) is 13.9. The maximum Gasteiger partial charge on any atom is 0.221 e. The number of carbonyl (C=O) groups is 1. The molecule has 0 aromatic heterocycles. The summed E-state index contributed by atoms with van der Waals surface area (Å²) in [6, 6.07) is 3.68. The van der Waals surface area contributed by atoms with Gasteiger partial charge in [-0.05, 0) is 11.5 Å². The number of carbonyl (C=O) groups excluding carboxylic acids is 1. The first-order valence-electron chi connectivity index (χ1n) is 5.83. The number of rotatable bonds is 3. The lowest BCUT2D eigenvalue weighted by atomic mass is 9.85. The Hall–Kier alpha value is -1.71. The highest BCUT2D eigenvalue weighted by Crippen LogP contribution is 2.40. The van der Waals surface area contributed by atoms with Gasteiger partial charge in [0.2, 0.25) is 5.91 Å². The van der Waals surface area contributed by atoms with Crippen LogP contribution in [0.15, 0.2) is 12.1 Å². The molecule has 1 aromatic rings. The zero-order valence-electron chi connectivity index (χ0n) is 11.9. The molecule has 0 saturated heterocycles. The van der Waals surface area contributed by atoms with E-state index in [2.05, 4.69) is 26.1 Å². The number of amides is 1. The summed E-state index contributed by atoms with van der Waals surface area (Å²) in [6.07, 6.45) is 0. The molecule has 0 spiro atoms. The molecule has 0 aliphatic carbocycles. The van der Waals surface area contributed by atoms with Crippen molar-refractivity contribution in [2.24, 2.45) is 0 Å². The summed E-state index contributed by atoms with van der Waals surface area (Å²) in [5.41, 5.74) is 1.60. The lowest BCUT2D eigenvalue weighted by Gasteiger charge is -2.24. The van der Waals surface area contributed by atoms with Crippen LogP contribution in [0.1, 0.15) is 33.3 Å². The van der Waals surface area contributed by atoms with E-state index < -0.39 is 0 Å². The van der Waals surface area contributed by atoms with Gasteiger partial charge in [-0.25, -0.2) is 0 Å². The van der Waals surface area contributed by atoms with Gasteiger partial charge in [0.15, 0.2) is 11.5 Å². The van der Waals surface area contributed by atoms with Crippen molar-refractivity contribution in [3.8, 4) is 11.5 Å². The number of benzene rings is 1. The third kappa shape index (κ3) is 3.15. The highest BCUT2D eigenvalue weighted by molar-refractivity contribution is 5.89. The first-order valence-corrected chi connectivity index (χ1v) is 5.83. The number of methoxy groups -OCH3 is 2. The molecule has 100 valence electrons. The summed E-state index contributed by atoms with van der Waals surface area (Å²) < 4.78 is 10.7. The van der Waals surface area contributed by atoms with Crippen LogP contribution in [0.25, 0.3) is 0 Å². The van der Waals surface area contributed by atoms with Crippen molar-refractivity contribution < 1.29 is 14.3 Å². The fourth-order valence-electron chi connectivity index (χ4n) is 1.80. The lowest BCUT2D eigenvalue weighted by molar-refractivity contribution is -0.114. The summed E-state index contributed by atoms with van der Waals surface area (Å²) in [6.45, 7) is 7.74. The van der Waals surface area contributed by atoms with Gasteiger partial charge in [0.25, 0.3) is 0 Å². The third-order valence-corrected chi connectivity index (χ3v) is 2.61. The van der Waals surface area contributed by atoms with Crippen LogP contribution >= 0.6 is 0 Å². The second-order valence-electron chi connectivity index (χ2n) is 5.19. The summed E-state index contributed by atoms with van der Waals surface area (Å²) in [5, 5.41) is 2.77. The number of nitrogens with one attached hydrogen (secondary N) is 1. The SMILES string of the molecule is COc1cc(NC(C)=O)cc(C(C)(C)C)c1OC. The molecule has 4 nitrogen and oxygen atoms in total. The Labute approximate surface area is 108 Å². The van der Waals surface area contributed by atoms with E-state index in [0.717, 1.165) is 5.56 Å². The third-order valence-electron chi connectivity index (χ3n) is 2.61. The fourth-order valence-corrected chi connectivity index (χ4v) is 1.80. The smallest absolute Gasteiger partial charge is 0.221 e. The molecule has 0 fully saturated rings. The van der Waals surface area contributed by atoms with Crippen LogP contribution in [-0.4, -0.2) is 20.1 Å². The second-order valence-corrected chi connectivity index (χ2v) is 5.19. The quantitative estimate of drug-likeness (QED) is 0.898. The standard InChI is InChI=1S/C14H21NO3/c1-9(16)15-10-7-11(14(2,3)4)13(18-6)12(8-10)17-5/h7-8H,1-6H3,(H,15,16). The predicted octanol–water partition coefficient (Wildman–Crippen LogP) is 2.96. The van der Waals surface area contributed by atoms with Gasteiger partial charge in [-0.15, -0.1) is 0 Å². The highest BCUT2D eigenvalue weighted by Gasteiger charge is 2.23. The molecular weight excluding hydrogens is 230 g/mol. The van der Waals surface area contributed by atoms with E-state index in [1.165, 1.54) is 6.92 Å². The molecule has 1 rings (SSSR count). The number of anilines is 1. The van der Waals surface area contributed by atoms with Crippen LogP contribution in [0, 0.1) is 0 Å². The van der Waals surface area contributed by atoms with E-state index in [1.807, 2.05) is 6.07 Å². The topological polar surface area (TPSA) is 47.6 Å². The van der Waals surface area contributed by atoms with Crippen LogP contribution in [0.3, 0.4) is 0 Å². The van der Waals surface area contributed by atoms with Crippen LogP contribution < -0.4 is 14.8 Å². The molecule has 0 aliphatic heterocycles. The van der Waals surface area contributed by atoms with E-state index in [-0.39, 0.29) is 11.3 Å². The number of ether oxygens (including phenoxy) is 2. The van der Waals surface area contributed by atoms with E-state index in [0.29, 0.717) is 17.2 Å². The summed E-state index contributed by atoms with van der Waals surface area (Å²) in [5.74, 6) is 1.22. The van der Waals surface area contributed by atoms with Gasteiger partial charge in [-0.1, -0.05) is 20.8 Å². The molecule has 0 radical (unpaired) electrons. The van der Waals surface area contributed by atoms with Gasteiger partial charge in [0.1, 0.15) is 0 Å². The van der Waals surface area contributed by atoms with Gasteiger partial charge in [-0.3, -0.25) is 4.79 Å². The second kappa shape index (κ2) is 5.29. The molecule has 0 heterocycles. The Morgan fingerprint density at radius 1 is 1.17 bits per heavy atom. The molecule has 0 aliphatic rings. The first-order chi connectivity index (χ1) is 8.29. The van der Waals surface area contributed by atoms with Crippen molar-refractivity contribution >= 4 is 11.6 Å². The van der Waals surface area contributed by atoms with Crippen LogP contribution in [0.4, 0.5) is 5.69 Å². The Bertz CT molecular complexity index is 447. The average molecular weight is 251 g/mol. The lowest BCUT2D eigenvalue weighted by Crippen LogP contribution is -2.15. The van der Waals surface area contributed by atoms with Gasteiger partial charge in [0.05, 0.1) is 14.2 Å². The van der Waals surface area contributed by atoms with Crippen molar-refractivity contribution in [3.05, 3.63) is 17.7 Å². The molecule has 4 heteroatoms. The Morgan fingerprint density at radius 2 is 1.78 bits per heavy atom. The van der Waals surface area contributed by atoms with Crippen molar-refractivity contribution in [1.29, 1.82) is 0 Å². The monoisotopic (exact) mass is 251 g/mol. The van der Waals surface area contributed by atoms with Crippen molar-refractivity contribution in [3.63, 3.8) is 0 Å². The number of hydrogen-bond acceptors (Lipinski definition) is 3. The van der Waals surface area contributed by atoms with E-state index in [4.69, 9.17) is 9.47 Å². The molecule has 18 heavy (non-hydrogen) atoms. The van der Waals surface area contributed by atoms with Crippen molar-refractivity contribution in [2.75, 3.05) is 19.5 Å². The van der Waals surface area contributed by atoms with Crippen molar-refractivity contribution in [2.45, 2.75) is 33.1 Å². The minimum atomic E-state index is -0.109. The fraction of sp³-hybridized carbons (Fsp3) is 0.500. The molecule has 1 aromatic carbocycles. The molecule has 0 unspecified atom stereocenters. The molecule has 0 bridgehead atoms. The maximum absolute atomic E-state index is 11.1. The number of hydrogen-bond donors (Lipinski definition) is 1. The summed E-state index contributed by atoms with van der Waals surface area (Å²) in [7, 11) is 3.20. The van der Waals surface area contributed by atoms with Crippen molar-refractivity contribution in [1.82, 2.24) is 0 Å². The molecular formula is C14H21NO3. The van der Waals surface area contributed by atoms with E-state index in [9.17, 15) is 4.79 Å². The van der Waals surface area contributed by atoms with Gasteiger partial charge in [-0.2, -0.15) is 0 Å². The molecule has 0 saturated carbocycles. The molecule has 1 amide bonds. The largest absolute Gasteiger partial charge is 0.493 e. The Balaban J connectivity index is 3.40. The summed E-state index contributed by atoms with van der Waals surface area (Å²) >= 11 is 0. The predicted molar refractivity (Wildman–Crippen MR) is 72.5 cm³/mol. The van der Waals surface area contributed by atoms with Crippen LogP contribution in [0.5, 0.6) is 11.5 Å². The van der Waals surface area contributed by atoms with Gasteiger partial charge in [0, 0.05) is 24.2 Å². The molecule has 1 N–H and O–H groups in total. The van der Waals surface area contributed by atoms with E-state index >= 15 is 0 Å². The Morgan fingerprint density at radius 3 is 2.17 bits per heavy atom. The normalized spacial score (nSPS) is 11.0. The highest BCUT2D eigenvalue weighted by atomic mass is 16.5. The van der Waals surface area contributed by atoms with Gasteiger partial charge >= 0.3 is 0 Å². The van der Waals surface area contributed by atoms with Gasteiger partial charge < -0.3 is 14.8 Å². The summed E-state index contributed by atoms with van der Waals surface area (Å²) in [4.78, 5) is 11.1. The Kier molecular flexibility index (Phi) is 4.22. The molecule has 0 atom stereocenters. The van der Waals surface area contributed by atoms with Crippen LogP contribution in [0.2, 0.25) is 0 Å². The first kappa shape index (κ1) is 14.4. The average Bonchev–Trinajstić information content (AvgIpc) is 2.25. The maximum atomic E-state index is 11.1. The zero-order valence-corrected chi connectivity index (χ0v) is 11.9. The van der Waals surface area contributed by atoms with E-state index in [1.54, 1.807) is 20.3 Å². The minimum Gasteiger partial charge on any atom is -0.493 e. The minimum absolute atomic E-state index is 0.104. The van der Waals surface area contributed by atoms with Crippen LogP contribution in [-0.2, 0) is 10.2 Å².